The zero-order valence-electron chi connectivity index (χ0n) is 19.0. The molecule has 0 bridgehead atoms. The average Bonchev–Trinajstić information content (AvgIpc) is 3.52. The molecule has 1 amide bonds. The van der Waals surface area contributed by atoms with Crippen LogP contribution in [0.1, 0.15) is 12.0 Å². The number of rotatable bonds is 6. The average molecular weight is 476 g/mol. The van der Waals surface area contributed by atoms with Gasteiger partial charge in [0.2, 0.25) is 0 Å². The maximum atomic E-state index is 13.7. The quantitative estimate of drug-likeness (QED) is 0.434. The number of carbonyl (C=O) groups is 1. The van der Waals surface area contributed by atoms with Crippen LogP contribution in [0.5, 0.6) is 5.75 Å². The molecule has 3 aromatic rings. The monoisotopic (exact) mass is 475 g/mol. The SMILES string of the molecule is COc1ccc(CN2CCC3C(=C(Nc4ccc5ncccc5c4)N4C([S+](C)[O-])N34)C2=O)cc1. The van der Waals surface area contributed by atoms with Gasteiger partial charge in [0.1, 0.15) is 11.6 Å². The number of methoxy groups -OCH3 is 1. The molecule has 3 aliphatic rings. The van der Waals surface area contributed by atoms with Crippen molar-refractivity contribution in [3.05, 3.63) is 77.8 Å². The maximum absolute atomic E-state index is 13.7. The van der Waals surface area contributed by atoms with Gasteiger partial charge in [0.15, 0.2) is 0 Å². The first-order valence-electron chi connectivity index (χ1n) is 11.2. The second kappa shape index (κ2) is 8.19. The van der Waals surface area contributed by atoms with Crippen LogP contribution in [0.2, 0.25) is 0 Å². The molecule has 2 saturated heterocycles. The molecule has 3 aliphatic heterocycles. The topological polar surface area (TPSA) is 83.5 Å². The summed E-state index contributed by atoms with van der Waals surface area (Å²) in [6, 6.07) is 17.6. The van der Waals surface area contributed by atoms with E-state index in [1.54, 1.807) is 19.6 Å². The van der Waals surface area contributed by atoms with Gasteiger partial charge in [-0.25, -0.2) is 5.01 Å². The van der Waals surface area contributed by atoms with Crippen LogP contribution in [0.25, 0.3) is 10.9 Å². The van der Waals surface area contributed by atoms with Crippen LogP contribution in [0, 0.1) is 0 Å². The lowest BCUT2D eigenvalue weighted by atomic mass is 9.97. The van der Waals surface area contributed by atoms with Crippen molar-refractivity contribution < 1.29 is 14.1 Å². The molecule has 0 radical (unpaired) electrons. The number of nitrogens with zero attached hydrogens (tertiary/aromatic N) is 4. The van der Waals surface area contributed by atoms with Crippen molar-refractivity contribution in [2.24, 2.45) is 0 Å². The van der Waals surface area contributed by atoms with Crippen molar-refractivity contribution in [2.75, 3.05) is 25.2 Å². The van der Waals surface area contributed by atoms with E-state index in [1.807, 2.05) is 64.5 Å². The normalized spacial score (nSPS) is 24.2. The number of nitrogens with one attached hydrogen (secondary N) is 1. The predicted molar refractivity (Wildman–Crippen MR) is 131 cm³/mol. The summed E-state index contributed by atoms with van der Waals surface area (Å²) < 4.78 is 17.6. The van der Waals surface area contributed by atoms with E-state index < -0.39 is 11.2 Å². The van der Waals surface area contributed by atoms with Crippen molar-refractivity contribution in [2.45, 2.75) is 24.5 Å². The first kappa shape index (κ1) is 21.3. The molecule has 1 N–H and O–H groups in total. The summed E-state index contributed by atoms with van der Waals surface area (Å²) in [7, 11) is 1.64. The lowest BCUT2D eigenvalue weighted by molar-refractivity contribution is -0.130. The number of aromatic nitrogens is 1. The summed E-state index contributed by atoms with van der Waals surface area (Å²) in [5.74, 6) is 1.55. The molecule has 34 heavy (non-hydrogen) atoms. The summed E-state index contributed by atoms with van der Waals surface area (Å²) in [5.41, 5.74) is 3.39. The Morgan fingerprint density at radius 1 is 1.21 bits per heavy atom. The Morgan fingerprint density at radius 3 is 2.79 bits per heavy atom. The van der Waals surface area contributed by atoms with Crippen LogP contribution in [-0.4, -0.2) is 61.8 Å². The summed E-state index contributed by atoms with van der Waals surface area (Å²) in [5, 5.41) is 8.56. The Balaban J connectivity index is 1.31. The van der Waals surface area contributed by atoms with Crippen molar-refractivity contribution in [3.63, 3.8) is 0 Å². The highest BCUT2D eigenvalue weighted by molar-refractivity contribution is 7.91. The number of hydrogen-bond donors (Lipinski definition) is 1. The van der Waals surface area contributed by atoms with Crippen LogP contribution in [0.15, 0.2) is 72.2 Å². The minimum atomic E-state index is -1.05. The summed E-state index contributed by atoms with van der Waals surface area (Å²) in [6.45, 7) is 1.19. The number of piperidine rings is 1. The first-order valence-corrected chi connectivity index (χ1v) is 12.8. The molecule has 0 spiro atoms. The van der Waals surface area contributed by atoms with Gasteiger partial charge in [-0.05, 0) is 59.6 Å². The van der Waals surface area contributed by atoms with Crippen molar-refractivity contribution in [3.8, 4) is 5.75 Å². The Morgan fingerprint density at radius 2 is 2.03 bits per heavy atom. The van der Waals surface area contributed by atoms with E-state index in [4.69, 9.17) is 4.74 Å². The third-order valence-electron chi connectivity index (χ3n) is 6.65. The molecule has 174 valence electrons. The Kier molecular flexibility index (Phi) is 5.13. The molecule has 4 atom stereocenters. The van der Waals surface area contributed by atoms with Crippen molar-refractivity contribution in [1.29, 1.82) is 0 Å². The molecule has 6 rings (SSSR count). The number of pyridine rings is 1. The fourth-order valence-electron chi connectivity index (χ4n) is 4.99. The van der Waals surface area contributed by atoms with Gasteiger partial charge in [0, 0.05) is 30.4 Å². The standard InChI is InChI=1S/C25H25N5O3S/c1-33-19-8-5-16(6-9-19)15-28-13-11-21-22(24(28)31)23(30-25(29(21)30)34(2)32)27-18-7-10-20-17(14-18)4-3-12-26-20/h3-10,12,14,21,25,27H,11,13,15H2,1-2H3. The molecule has 0 aliphatic carbocycles. The number of carbonyl (C=O) groups excluding carboxylic acids is 1. The largest absolute Gasteiger partial charge is 0.614 e. The van der Waals surface area contributed by atoms with E-state index in [2.05, 4.69) is 15.3 Å². The Bertz CT molecular complexity index is 1300. The fourth-order valence-corrected chi connectivity index (χ4v) is 5.98. The third kappa shape index (κ3) is 3.48. The Labute approximate surface area is 201 Å². The number of hydrazine groups is 1. The van der Waals surface area contributed by atoms with Crippen LogP contribution < -0.4 is 10.1 Å². The third-order valence-corrected chi connectivity index (χ3v) is 7.66. The lowest BCUT2D eigenvalue weighted by Gasteiger charge is -2.32. The van der Waals surface area contributed by atoms with Crippen LogP contribution in [-0.2, 0) is 22.5 Å². The highest BCUT2D eigenvalue weighted by atomic mass is 32.2. The fraction of sp³-hybridized carbons (Fsp3) is 0.280. The van der Waals surface area contributed by atoms with E-state index in [0.29, 0.717) is 13.1 Å². The smallest absolute Gasteiger partial charge is 0.279 e. The van der Waals surface area contributed by atoms with Gasteiger partial charge in [-0.1, -0.05) is 18.2 Å². The predicted octanol–water partition coefficient (Wildman–Crippen LogP) is 2.88. The minimum Gasteiger partial charge on any atom is -0.614 e. The second-order valence-corrected chi connectivity index (χ2v) is 10.1. The van der Waals surface area contributed by atoms with Gasteiger partial charge in [-0.15, -0.1) is 5.01 Å². The number of hydrogen-bond acceptors (Lipinski definition) is 7. The molecule has 2 fully saturated rings. The van der Waals surface area contributed by atoms with Gasteiger partial charge >= 0.3 is 0 Å². The lowest BCUT2D eigenvalue weighted by Crippen LogP contribution is -2.45. The highest BCUT2D eigenvalue weighted by Crippen LogP contribution is 2.49. The van der Waals surface area contributed by atoms with E-state index in [9.17, 15) is 9.35 Å². The van der Waals surface area contributed by atoms with Crippen LogP contribution in [0.3, 0.4) is 0 Å². The van der Waals surface area contributed by atoms with E-state index in [1.165, 1.54) is 0 Å². The van der Waals surface area contributed by atoms with Gasteiger partial charge in [-0.3, -0.25) is 9.78 Å². The summed E-state index contributed by atoms with van der Waals surface area (Å²) in [6.07, 6.45) is 4.28. The Hall–Kier alpha value is -3.27. The van der Waals surface area contributed by atoms with Crippen LogP contribution in [0.4, 0.5) is 5.69 Å². The molecule has 9 heteroatoms. The van der Waals surface area contributed by atoms with E-state index >= 15 is 0 Å². The molecular weight excluding hydrogens is 450 g/mol. The second-order valence-electron chi connectivity index (χ2n) is 8.73. The minimum absolute atomic E-state index is 0.0184. The molecule has 4 heterocycles. The number of fused-ring (bicyclic) bond motifs is 4. The molecule has 4 unspecified atom stereocenters. The number of benzene rings is 2. The zero-order valence-corrected chi connectivity index (χ0v) is 19.8. The van der Waals surface area contributed by atoms with Crippen LogP contribution >= 0.6 is 0 Å². The summed E-state index contributed by atoms with van der Waals surface area (Å²) >= 11 is -1.05. The molecule has 2 aromatic carbocycles. The zero-order chi connectivity index (χ0) is 23.4. The molecular formula is C25H25N5O3S. The highest BCUT2D eigenvalue weighted by Gasteiger charge is 2.66. The maximum Gasteiger partial charge on any atom is 0.279 e. The van der Waals surface area contributed by atoms with Gasteiger partial charge in [-0.2, -0.15) is 0 Å². The number of ether oxygens (including phenoxy) is 1. The number of likely N-dealkylation sites (tertiary alicyclic amines) is 1. The van der Waals surface area contributed by atoms with Gasteiger partial charge < -0.3 is 19.5 Å². The van der Waals surface area contributed by atoms with Gasteiger partial charge in [0.25, 0.3) is 11.4 Å². The number of anilines is 1. The molecule has 0 saturated carbocycles. The van der Waals surface area contributed by atoms with E-state index in [-0.39, 0.29) is 17.4 Å². The van der Waals surface area contributed by atoms with Crippen molar-refractivity contribution in [1.82, 2.24) is 19.9 Å². The number of amides is 1. The first-order chi connectivity index (χ1) is 16.5. The van der Waals surface area contributed by atoms with E-state index in [0.717, 1.165) is 45.7 Å². The summed E-state index contributed by atoms with van der Waals surface area (Å²) in [4.78, 5) is 19.9. The van der Waals surface area contributed by atoms with Gasteiger partial charge in [0.05, 0.1) is 30.5 Å². The van der Waals surface area contributed by atoms with Crippen molar-refractivity contribution >= 4 is 33.7 Å². The molecule has 8 nitrogen and oxygen atoms in total. The molecule has 1 aromatic heterocycles.